The maximum atomic E-state index is 12.1. The monoisotopic (exact) mass is 314 g/mol. The number of amides is 1. The van der Waals surface area contributed by atoms with Crippen LogP contribution >= 0.6 is 0 Å². The summed E-state index contributed by atoms with van der Waals surface area (Å²) in [6.07, 6.45) is 1.07. The van der Waals surface area contributed by atoms with E-state index in [0.717, 1.165) is 6.26 Å². The van der Waals surface area contributed by atoms with E-state index in [2.05, 4.69) is 5.32 Å². The molecule has 3 N–H and O–H groups in total. The summed E-state index contributed by atoms with van der Waals surface area (Å²) in [7, 11) is -3.42. The average Bonchev–Trinajstić information content (AvgIpc) is 2.34. The van der Waals surface area contributed by atoms with Gasteiger partial charge in [-0.1, -0.05) is 0 Å². The fraction of sp³-hybridized carbons (Fsp3) is 0.500. The molecular formula is C14H22N2O4S. The van der Waals surface area contributed by atoms with Crippen LogP contribution in [0.2, 0.25) is 0 Å². The molecule has 0 heterocycles. The smallest absolute Gasteiger partial charge is 0.251 e. The number of rotatable bonds is 6. The van der Waals surface area contributed by atoms with Gasteiger partial charge in [0.05, 0.1) is 10.5 Å². The van der Waals surface area contributed by atoms with Gasteiger partial charge in [-0.3, -0.25) is 4.79 Å². The molecule has 21 heavy (non-hydrogen) atoms. The van der Waals surface area contributed by atoms with Crippen molar-refractivity contribution in [3.8, 4) is 0 Å². The summed E-state index contributed by atoms with van der Waals surface area (Å²) >= 11 is 0. The minimum Gasteiger partial charge on any atom is -0.399 e. The summed E-state index contributed by atoms with van der Waals surface area (Å²) in [5.41, 5.74) is 5.60. The molecule has 7 heteroatoms. The first kappa shape index (κ1) is 17.5. The van der Waals surface area contributed by atoms with E-state index < -0.39 is 15.4 Å². The number of sulfone groups is 1. The van der Waals surface area contributed by atoms with E-state index in [4.69, 9.17) is 10.5 Å². The van der Waals surface area contributed by atoms with Gasteiger partial charge in [0.1, 0.15) is 0 Å². The Morgan fingerprint density at radius 2 is 1.95 bits per heavy atom. The standard InChI is InChI=1S/C14H22N2O4S/c1-5-20-14(2,3)9-16-13(17)10-6-11(15)8-12(7-10)21(4,18)19/h6-8H,5,9,15H2,1-4H3,(H,16,17). The lowest BCUT2D eigenvalue weighted by Crippen LogP contribution is -2.40. The van der Waals surface area contributed by atoms with Crippen molar-refractivity contribution in [1.82, 2.24) is 5.32 Å². The third-order valence-electron chi connectivity index (χ3n) is 2.83. The average molecular weight is 314 g/mol. The van der Waals surface area contributed by atoms with Crippen molar-refractivity contribution in [2.24, 2.45) is 0 Å². The van der Waals surface area contributed by atoms with Crippen LogP contribution in [0.25, 0.3) is 0 Å². The lowest BCUT2D eigenvalue weighted by molar-refractivity contribution is -0.00815. The third kappa shape index (κ3) is 5.35. The summed E-state index contributed by atoms with van der Waals surface area (Å²) in [6, 6.07) is 4.09. The molecule has 0 fully saturated rings. The predicted molar refractivity (Wildman–Crippen MR) is 82.0 cm³/mol. The van der Waals surface area contributed by atoms with Crippen LogP contribution in [0, 0.1) is 0 Å². The number of hydrogen-bond donors (Lipinski definition) is 2. The van der Waals surface area contributed by atoms with Gasteiger partial charge in [-0.15, -0.1) is 0 Å². The molecule has 0 aliphatic rings. The van der Waals surface area contributed by atoms with Gasteiger partial charge in [-0.05, 0) is 39.0 Å². The quantitative estimate of drug-likeness (QED) is 0.769. The number of ether oxygens (including phenoxy) is 1. The van der Waals surface area contributed by atoms with E-state index in [9.17, 15) is 13.2 Å². The van der Waals surface area contributed by atoms with Gasteiger partial charge in [0, 0.05) is 30.7 Å². The van der Waals surface area contributed by atoms with Gasteiger partial charge in [0.2, 0.25) is 0 Å². The second kappa shape index (κ2) is 6.44. The van der Waals surface area contributed by atoms with E-state index >= 15 is 0 Å². The molecule has 0 atom stereocenters. The first-order valence-corrected chi connectivity index (χ1v) is 8.47. The topological polar surface area (TPSA) is 98.5 Å². The molecule has 0 bridgehead atoms. The summed E-state index contributed by atoms with van der Waals surface area (Å²) < 4.78 is 28.6. The second-order valence-corrected chi connectivity index (χ2v) is 7.45. The number of carbonyl (C=O) groups excluding carboxylic acids is 1. The number of benzene rings is 1. The fourth-order valence-electron chi connectivity index (χ4n) is 1.80. The van der Waals surface area contributed by atoms with Crippen LogP contribution < -0.4 is 11.1 Å². The highest BCUT2D eigenvalue weighted by molar-refractivity contribution is 7.90. The summed E-state index contributed by atoms with van der Waals surface area (Å²) in [6.45, 7) is 6.44. The zero-order valence-electron chi connectivity index (χ0n) is 12.8. The first-order chi connectivity index (χ1) is 9.55. The Kier molecular flexibility index (Phi) is 5.36. The second-order valence-electron chi connectivity index (χ2n) is 5.44. The number of anilines is 1. The zero-order chi connectivity index (χ0) is 16.3. The Balaban J connectivity index is 2.91. The molecule has 118 valence electrons. The predicted octanol–water partition coefficient (Wildman–Crippen LogP) is 1.22. The molecule has 1 rings (SSSR count). The molecule has 0 unspecified atom stereocenters. The molecule has 0 aliphatic carbocycles. The van der Waals surface area contributed by atoms with Crippen molar-refractivity contribution >= 4 is 21.4 Å². The lowest BCUT2D eigenvalue weighted by Gasteiger charge is -2.24. The first-order valence-electron chi connectivity index (χ1n) is 6.58. The van der Waals surface area contributed by atoms with Crippen LogP contribution in [0.3, 0.4) is 0 Å². The van der Waals surface area contributed by atoms with Gasteiger partial charge < -0.3 is 15.8 Å². The zero-order valence-corrected chi connectivity index (χ0v) is 13.6. The Bertz CT molecular complexity index is 624. The van der Waals surface area contributed by atoms with Crippen LogP contribution in [0.4, 0.5) is 5.69 Å². The summed E-state index contributed by atoms with van der Waals surface area (Å²) in [5.74, 6) is -0.389. The van der Waals surface area contributed by atoms with E-state index in [0.29, 0.717) is 13.2 Å². The van der Waals surface area contributed by atoms with Crippen molar-refractivity contribution in [3.63, 3.8) is 0 Å². The van der Waals surface area contributed by atoms with Gasteiger partial charge in [0.25, 0.3) is 5.91 Å². The normalized spacial score (nSPS) is 12.2. The maximum absolute atomic E-state index is 12.1. The van der Waals surface area contributed by atoms with Crippen molar-refractivity contribution < 1.29 is 17.9 Å². The van der Waals surface area contributed by atoms with Crippen LogP contribution in [0.5, 0.6) is 0 Å². The van der Waals surface area contributed by atoms with Crippen molar-refractivity contribution in [1.29, 1.82) is 0 Å². The molecule has 0 saturated heterocycles. The molecular weight excluding hydrogens is 292 g/mol. The molecule has 1 aromatic rings. The van der Waals surface area contributed by atoms with Crippen molar-refractivity contribution in [3.05, 3.63) is 23.8 Å². The number of nitrogen functional groups attached to an aromatic ring is 1. The lowest BCUT2D eigenvalue weighted by atomic mass is 10.1. The van der Waals surface area contributed by atoms with Gasteiger partial charge in [-0.25, -0.2) is 8.42 Å². The van der Waals surface area contributed by atoms with Crippen LogP contribution in [0.1, 0.15) is 31.1 Å². The molecule has 0 radical (unpaired) electrons. The molecule has 0 aromatic heterocycles. The summed E-state index contributed by atoms with van der Waals surface area (Å²) in [5, 5.41) is 2.72. The van der Waals surface area contributed by atoms with E-state index in [1.807, 2.05) is 20.8 Å². The highest BCUT2D eigenvalue weighted by Gasteiger charge is 2.20. The third-order valence-corrected chi connectivity index (χ3v) is 3.92. The maximum Gasteiger partial charge on any atom is 0.251 e. The van der Waals surface area contributed by atoms with Crippen LogP contribution in [-0.4, -0.2) is 39.3 Å². The molecule has 0 spiro atoms. The molecule has 0 saturated carbocycles. The Hall–Kier alpha value is -1.60. The van der Waals surface area contributed by atoms with Crippen molar-refractivity contribution in [2.45, 2.75) is 31.3 Å². The largest absolute Gasteiger partial charge is 0.399 e. The van der Waals surface area contributed by atoms with E-state index in [-0.39, 0.29) is 22.1 Å². The minimum absolute atomic E-state index is 0.0247. The highest BCUT2D eigenvalue weighted by Crippen LogP contribution is 2.17. The number of hydrogen-bond acceptors (Lipinski definition) is 5. The van der Waals surface area contributed by atoms with E-state index in [1.165, 1.54) is 18.2 Å². The molecule has 1 aromatic carbocycles. The van der Waals surface area contributed by atoms with Gasteiger partial charge in [-0.2, -0.15) is 0 Å². The van der Waals surface area contributed by atoms with Gasteiger partial charge in [0.15, 0.2) is 9.84 Å². The number of nitrogens with one attached hydrogen (secondary N) is 1. The minimum atomic E-state index is -3.42. The van der Waals surface area contributed by atoms with E-state index in [1.54, 1.807) is 0 Å². The Morgan fingerprint density at radius 1 is 1.33 bits per heavy atom. The Morgan fingerprint density at radius 3 is 2.48 bits per heavy atom. The van der Waals surface area contributed by atoms with Gasteiger partial charge >= 0.3 is 0 Å². The fourth-order valence-corrected chi connectivity index (χ4v) is 2.50. The van der Waals surface area contributed by atoms with Crippen molar-refractivity contribution in [2.75, 3.05) is 25.1 Å². The van der Waals surface area contributed by atoms with Crippen LogP contribution in [-0.2, 0) is 14.6 Å². The molecule has 1 amide bonds. The summed E-state index contributed by atoms with van der Waals surface area (Å²) in [4.78, 5) is 12.1. The highest BCUT2D eigenvalue weighted by atomic mass is 32.2. The molecule has 6 nitrogen and oxygen atoms in total. The number of carbonyl (C=O) groups is 1. The SMILES string of the molecule is CCOC(C)(C)CNC(=O)c1cc(N)cc(S(C)(=O)=O)c1. The molecule has 0 aliphatic heterocycles. The van der Waals surface area contributed by atoms with Crippen LogP contribution in [0.15, 0.2) is 23.1 Å². The number of nitrogens with two attached hydrogens (primary N) is 1. The Labute approximate surface area is 125 Å².